The van der Waals surface area contributed by atoms with E-state index in [1.165, 1.54) is 0 Å². The minimum Gasteiger partial charge on any atom is -0.481 e. The van der Waals surface area contributed by atoms with Gasteiger partial charge >= 0.3 is 5.97 Å². The summed E-state index contributed by atoms with van der Waals surface area (Å²) in [6.07, 6.45) is 3.41. The molecule has 2 fully saturated rings. The number of carbonyl (C=O) groups is 3. The van der Waals surface area contributed by atoms with Gasteiger partial charge in [-0.15, -0.1) is 0 Å². The van der Waals surface area contributed by atoms with Crippen molar-refractivity contribution in [1.82, 2.24) is 9.80 Å². The Morgan fingerprint density at radius 1 is 1.15 bits per heavy atom. The van der Waals surface area contributed by atoms with Crippen LogP contribution >= 0.6 is 0 Å². The first kappa shape index (κ1) is 18.4. The molecular formula is C20H26N2O4. The Balaban J connectivity index is 1.53. The number of amides is 2. The fourth-order valence-corrected chi connectivity index (χ4v) is 3.76. The van der Waals surface area contributed by atoms with Crippen molar-refractivity contribution in [2.75, 3.05) is 26.7 Å². The second-order valence-electron chi connectivity index (χ2n) is 7.60. The number of hydrogen-bond donors (Lipinski definition) is 1. The quantitative estimate of drug-likeness (QED) is 0.841. The van der Waals surface area contributed by atoms with Crippen molar-refractivity contribution in [2.24, 2.45) is 11.3 Å². The summed E-state index contributed by atoms with van der Waals surface area (Å²) in [5.74, 6) is -1.21. The van der Waals surface area contributed by atoms with E-state index in [0.29, 0.717) is 25.9 Å². The topological polar surface area (TPSA) is 77.9 Å². The Morgan fingerprint density at radius 3 is 2.31 bits per heavy atom. The third kappa shape index (κ3) is 4.06. The molecule has 1 aliphatic heterocycles. The van der Waals surface area contributed by atoms with Crippen molar-refractivity contribution >= 4 is 17.8 Å². The van der Waals surface area contributed by atoms with Crippen LogP contribution in [-0.4, -0.2) is 59.4 Å². The number of hydrogen-bond acceptors (Lipinski definition) is 3. The molecule has 0 bridgehead atoms. The average molecular weight is 358 g/mol. The van der Waals surface area contributed by atoms with Crippen LogP contribution in [0.15, 0.2) is 30.3 Å². The van der Waals surface area contributed by atoms with E-state index < -0.39 is 5.97 Å². The molecule has 140 valence electrons. The first-order valence-corrected chi connectivity index (χ1v) is 9.21. The minimum atomic E-state index is -0.791. The van der Waals surface area contributed by atoms with Gasteiger partial charge in [0.15, 0.2) is 0 Å². The number of carboxylic acids is 1. The summed E-state index contributed by atoms with van der Waals surface area (Å²) in [5.41, 5.74) is 0.793. The Kier molecular flexibility index (Phi) is 5.30. The molecule has 1 aliphatic carbocycles. The van der Waals surface area contributed by atoms with Crippen LogP contribution in [0.3, 0.4) is 0 Å². The van der Waals surface area contributed by atoms with Crippen LogP contribution in [0, 0.1) is 11.3 Å². The van der Waals surface area contributed by atoms with Crippen LogP contribution in [0.1, 0.15) is 31.2 Å². The lowest BCUT2D eigenvalue weighted by atomic mass is 9.95. The Labute approximate surface area is 153 Å². The molecule has 1 N–H and O–H groups in total. The summed E-state index contributed by atoms with van der Waals surface area (Å²) in [4.78, 5) is 39.6. The maximum Gasteiger partial charge on any atom is 0.306 e. The predicted molar refractivity (Wildman–Crippen MR) is 96.4 cm³/mol. The van der Waals surface area contributed by atoms with Gasteiger partial charge in [0.1, 0.15) is 0 Å². The van der Waals surface area contributed by atoms with E-state index in [9.17, 15) is 14.4 Å². The molecule has 3 rings (SSSR count). The van der Waals surface area contributed by atoms with Crippen molar-refractivity contribution in [3.05, 3.63) is 35.9 Å². The zero-order valence-electron chi connectivity index (χ0n) is 15.2. The van der Waals surface area contributed by atoms with E-state index in [2.05, 4.69) is 0 Å². The van der Waals surface area contributed by atoms with E-state index >= 15 is 0 Å². The van der Waals surface area contributed by atoms with Gasteiger partial charge in [0.25, 0.3) is 0 Å². The van der Waals surface area contributed by atoms with Crippen LogP contribution in [0.25, 0.3) is 0 Å². The second kappa shape index (κ2) is 7.48. The van der Waals surface area contributed by atoms with Crippen molar-refractivity contribution < 1.29 is 19.5 Å². The number of piperidine rings is 1. The molecule has 0 aromatic heterocycles. The Hall–Kier alpha value is -2.37. The number of carboxylic acid groups (broad SMARTS) is 1. The zero-order chi connectivity index (χ0) is 18.7. The maximum absolute atomic E-state index is 12.9. The molecule has 6 nitrogen and oxygen atoms in total. The van der Waals surface area contributed by atoms with Crippen molar-refractivity contribution in [1.29, 1.82) is 0 Å². The predicted octanol–water partition coefficient (Wildman–Crippen LogP) is 1.79. The normalized spacial score (nSPS) is 19.0. The minimum absolute atomic E-state index is 0.0372. The monoisotopic (exact) mass is 358 g/mol. The molecule has 1 heterocycles. The lowest BCUT2D eigenvalue weighted by molar-refractivity contribution is -0.147. The van der Waals surface area contributed by atoms with Gasteiger partial charge in [0.2, 0.25) is 11.8 Å². The fourth-order valence-electron chi connectivity index (χ4n) is 3.76. The molecule has 0 atom stereocenters. The van der Waals surface area contributed by atoms with Crippen LogP contribution in [0.2, 0.25) is 0 Å². The summed E-state index contributed by atoms with van der Waals surface area (Å²) in [5, 5.41) is 9.04. The Bertz CT molecular complexity index is 676. The van der Waals surface area contributed by atoms with E-state index in [1.54, 1.807) is 16.8 Å². The van der Waals surface area contributed by atoms with Gasteiger partial charge in [-0.2, -0.15) is 0 Å². The number of rotatable bonds is 6. The van der Waals surface area contributed by atoms with Gasteiger partial charge in [0.05, 0.1) is 17.9 Å². The SMILES string of the molecule is CN(CC(=O)N1CCC(C(=O)O)CC1)C(=O)C1(Cc2ccccc2)CC1. The van der Waals surface area contributed by atoms with Crippen LogP contribution in [0.4, 0.5) is 0 Å². The highest BCUT2D eigenvalue weighted by atomic mass is 16.4. The third-order valence-corrected chi connectivity index (χ3v) is 5.61. The number of carbonyl (C=O) groups excluding carboxylic acids is 2. The third-order valence-electron chi connectivity index (χ3n) is 5.61. The summed E-state index contributed by atoms with van der Waals surface area (Å²) in [6.45, 7) is 0.965. The number of nitrogens with zero attached hydrogens (tertiary/aromatic N) is 2. The van der Waals surface area contributed by atoms with Crippen LogP contribution < -0.4 is 0 Å². The van der Waals surface area contributed by atoms with Gasteiger partial charge in [-0.05, 0) is 37.7 Å². The van der Waals surface area contributed by atoms with Crippen molar-refractivity contribution in [3.8, 4) is 0 Å². The molecule has 1 aromatic rings. The second-order valence-corrected chi connectivity index (χ2v) is 7.60. The fraction of sp³-hybridized carbons (Fsp3) is 0.550. The molecule has 0 spiro atoms. The number of likely N-dealkylation sites (N-methyl/N-ethyl adjacent to an activating group) is 1. The highest BCUT2D eigenvalue weighted by molar-refractivity contribution is 5.89. The zero-order valence-corrected chi connectivity index (χ0v) is 15.2. The molecule has 0 unspecified atom stereocenters. The highest BCUT2D eigenvalue weighted by Crippen LogP contribution is 2.49. The molecule has 26 heavy (non-hydrogen) atoms. The van der Waals surface area contributed by atoms with Crippen molar-refractivity contribution in [2.45, 2.75) is 32.1 Å². The maximum atomic E-state index is 12.9. The number of likely N-dealkylation sites (tertiary alicyclic amines) is 1. The first-order chi connectivity index (χ1) is 12.4. The first-order valence-electron chi connectivity index (χ1n) is 9.21. The molecule has 1 saturated carbocycles. The highest BCUT2D eigenvalue weighted by Gasteiger charge is 2.51. The van der Waals surface area contributed by atoms with Crippen LogP contribution in [0.5, 0.6) is 0 Å². The Morgan fingerprint density at radius 2 is 1.77 bits per heavy atom. The number of aliphatic carboxylic acids is 1. The van der Waals surface area contributed by atoms with Gasteiger partial charge in [-0.3, -0.25) is 14.4 Å². The average Bonchev–Trinajstić information content (AvgIpc) is 3.42. The lowest BCUT2D eigenvalue weighted by Gasteiger charge is -2.32. The van der Waals surface area contributed by atoms with Crippen LogP contribution in [-0.2, 0) is 20.8 Å². The van der Waals surface area contributed by atoms with E-state index in [1.807, 2.05) is 30.3 Å². The van der Waals surface area contributed by atoms with E-state index in [4.69, 9.17) is 5.11 Å². The summed E-state index contributed by atoms with van der Waals surface area (Å²) in [7, 11) is 1.69. The lowest BCUT2D eigenvalue weighted by Crippen LogP contribution is -2.47. The molecule has 0 radical (unpaired) electrons. The van der Waals surface area contributed by atoms with Gasteiger partial charge < -0.3 is 14.9 Å². The summed E-state index contributed by atoms with van der Waals surface area (Å²) >= 11 is 0. The van der Waals surface area contributed by atoms with E-state index in [0.717, 1.165) is 24.8 Å². The van der Waals surface area contributed by atoms with Gasteiger partial charge in [0, 0.05) is 20.1 Å². The smallest absolute Gasteiger partial charge is 0.306 e. The van der Waals surface area contributed by atoms with Gasteiger partial charge in [-0.1, -0.05) is 30.3 Å². The summed E-state index contributed by atoms with van der Waals surface area (Å²) in [6, 6.07) is 9.98. The summed E-state index contributed by atoms with van der Waals surface area (Å²) < 4.78 is 0. The standard InChI is InChI=1S/C20H26N2O4/c1-21(14-17(23)22-11-7-16(8-12-22)18(24)25)19(26)20(9-10-20)13-15-5-3-2-4-6-15/h2-6,16H,7-14H2,1H3,(H,24,25). The molecule has 1 saturated heterocycles. The molecular weight excluding hydrogens is 332 g/mol. The largest absolute Gasteiger partial charge is 0.481 e. The molecule has 2 aliphatic rings. The molecule has 2 amide bonds. The van der Waals surface area contributed by atoms with Crippen molar-refractivity contribution in [3.63, 3.8) is 0 Å². The molecule has 1 aromatic carbocycles. The van der Waals surface area contributed by atoms with Gasteiger partial charge in [-0.25, -0.2) is 0 Å². The molecule has 6 heteroatoms. The number of benzene rings is 1. The van der Waals surface area contributed by atoms with E-state index in [-0.39, 0.29) is 29.7 Å².